The summed E-state index contributed by atoms with van der Waals surface area (Å²) in [6.45, 7) is 4.46. The number of benzene rings is 1. The fourth-order valence-corrected chi connectivity index (χ4v) is 2.65. The predicted octanol–water partition coefficient (Wildman–Crippen LogP) is 3.49. The van der Waals surface area contributed by atoms with Crippen molar-refractivity contribution in [1.29, 1.82) is 0 Å². The van der Waals surface area contributed by atoms with Crippen molar-refractivity contribution >= 4 is 15.9 Å². The Bertz CT molecular complexity index is 393. The Hall–Kier alpha value is -0.450. The van der Waals surface area contributed by atoms with Crippen molar-refractivity contribution in [2.45, 2.75) is 32.4 Å². The Kier molecular flexibility index (Phi) is 5.15. The molecule has 1 fully saturated rings. The Balaban J connectivity index is 1.86. The van der Waals surface area contributed by atoms with Crippen molar-refractivity contribution < 1.29 is 9.13 Å². The molecule has 0 radical (unpaired) electrons. The van der Waals surface area contributed by atoms with Crippen LogP contribution in [0.5, 0.6) is 0 Å². The van der Waals surface area contributed by atoms with E-state index in [1.54, 1.807) is 0 Å². The molecule has 0 aliphatic carbocycles. The fourth-order valence-electron chi connectivity index (χ4n) is 2.32. The summed E-state index contributed by atoms with van der Waals surface area (Å²) in [5, 5.41) is 3.42. The summed E-state index contributed by atoms with van der Waals surface area (Å²) in [6.07, 6.45) is 2.19. The van der Waals surface area contributed by atoms with E-state index >= 15 is 0 Å². The predicted molar refractivity (Wildman–Crippen MR) is 73.9 cm³/mol. The molecule has 0 saturated carbocycles. The fraction of sp³-hybridized carbons (Fsp3) is 0.571. The van der Waals surface area contributed by atoms with Crippen LogP contribution in [-0.2, 0) is 11.3 Å². The molecule has 2 nitrogen and oxygen atoms in total. The lowest BCUT2D eigenvalue weighted by molar-refractivity contribution is 0.0557. The van der Waals surface area contributed by atoms with Crippen LogP contribution in [-0.4, -0.2) is 19.3 Å². The minimum Gasteiger partial charge on any atom is -0.381 e. The van der Waals surface area contributed by atoms with Gasteiger partial charge in [-0.25, -0.2) is 4.39 Å². The molecule has 1 N–H and O–H groups in total. The van der Waals surface area contributed by atoms with E-state index < -0.39 is 0 Å². The monoisotopic (exact) mass is 315 g/mol. The van der Waals surface area contributed by atoms with E-state index in [4.69, 9.17) is 4.74 Å². The topological polar surface area (TPSA) is 21.3 Å². The van der Waals surface area contributed by atoms with Gasteiger partial charge in [-0.3, -0.25) is 0 Å². The van der Waals surface area contributed by atoms with Gasteiger partial charge in [0.15, 0.2) is 0 Å². The maximum absolute atomic E-state index is 13.7. The lowest BCUT2D eigenvalue weighted by Gasteiger charge is -2.28. The second-order valence-corrected chi connectivity index (χ2v) is 5.77. The normalized spacial score (nSPS) is 18.8. The molecular weight excluding hydrogens is 297 g/mol. The highest BCUT2D eigenvalue weighted by molar-refractivity contribution is 9.10. The third-order valence-electron chi connectivity index (χ3n) is 3.60. The Morgan fingerprint density at radius 1 is 1.44 bits per heavy atom. The summed E-state index contributed by atoms with van der Waals surface area (Å²) in [4.78, 5) is 0. The van der Waals surface area contributed by atoms with Crippen LogP contribution >= 0.6 is 15.9 Å². The van der Waals surface area contributed by atoms with Crippen molar-refractivity contribution in [3.63, 3.8) is 0 Å². The van der Waals surface area contributed by atoms with Crippen LogP contribution in [0.4, 0.5) is 4.39 Å². The second kappa shape index (κ2) is 6.64. The van der Waals surface area contributed by atoms with Crippen LogP contribution in [0, 0.1) is 11.7 Å². The largest absolute Gasteiger partial charge is 0.381 e. The molecule has 2 rings (SSSR count). The third kappa shape index (κ3) is 3.77. The summed E-state index contributed by atoms with van der Waals surface area (Å²) < 4.78 is 19.8. The molecule has 0 aromatic heterocycles. The van der Waals surface area contributed by atoms with Gasteiger partial charge in [0, 0.05) is 35.8 Å². The molecular formula is C14H19BrFNO. The highest BCUT2D eigenvalue weighted by Crippen LogP contribution is 2.20. The maximum atomic E-state index is 13.7. The van der Waals surface area contributed by atoms with Crippen LogP contribution < -0.4 is 5.32 Å². The second-order valence-electron chi connectivity index (χ2n) is 4.86. The van der Waals surface area contributed by atoms with Gasteiger partial charge in [0.2, 0.25) is 0 Å². The molecule has 1 saturated heterocycles. The van der Waals surface area contributed by atoms with E-state index in [0.717, 1.165) is 36.1 Å². The first kappa shape index (κ1) is 14.0. The standard InChI is InChI=1S/C14H19BrFNO/c1-10(11-4-6-18-7-5-11)17-9-12-2-3-13(15)8-14(12)16/h2-3,8,10-11,17H,4-7,9H2,1H3. The molecule has 1 aliphatic heterocycles. The molecule has 1 unspecified atom stereocenters. The first-order valence-electron chi connectivity index (χ1n) is 6.42. The molecule has 1 atom stereocenters. The van der Waals surface area contributed by atoms with Gasteiger partial charge in [-0.15, -0.1) is 0 Å². The van der Waals surface area contributed by atoms with Gasteiger partial charge in [-0.1, -0.05) is 22.0 Å². The average Bonchev–Trinajstić information content (AvgIpc) is 2.38. The first-order chi connectivity index (χ1) is 8.66. The number of ether oxygens (including phenoxy) is 1. The molecule has 1 aromatic carbocycles. The SMILES string of the molecule is CC(NCc1ccc(Br)cc1F)C1CCOCC1. The van der Waals surface area contributed by atoms with E-state index in [1.807, 2.05) is 12.1 Å². The minimum atomic E-state index is -0.156. The van der Waals surface area contributed by atoms with Crippen LogP contribution in [0.25, 0.3) is 0 Å². The lowest BCUT2D eigenvalue weighted by Crippen LogP contribution is -2.36. The van der Waals surface area contributed by atoms with E-state index in [2.05, 4.69) is 28.2 Å². The van der Waals surface area contributed by atoms with Crippen LogP contribution in [0.1, 0.15) is 25.3 Å². The zero-order chi connectivity index (χ0) is 13.0. The van der Waals surface area contributed by atoms with Gasteiger partial charge >= 0.3 is 0 Å². The van der Waals surface area contributed by atoms with Gasteiger partial charge in [-0.2, -0.15) is 0 Å². The number of rotatable bonds is 4. The number of hydrogen-bond acceptors (Lipinski definition) is 2. The van der Waals surface area contributed by atoms with E-state index in [-0.39, 0.29) is 5.82 Å². The molecule has 100 valence electrons. The molecule has 0 bridgehead atoms. The summed E-state index contributed by atoms with van der Waals surface area (Å²) >= 11 is 3.26. The number of hydrogen-bond donors (Lipinski definition) is 1. The molecule has 1 heterocycles. The van der Waals surface area contributed by atoms with Gasteiger partial charge in [0.25, 0.3) is 0 Å². The van der Waals surface area contributed by atoms with Crippen molar-refractivity contribution in [2.75, 3.05) is 13.2 Å². The van der Waals surface area contributed by atoms with Gasteiger partial charge in [0.1, 0.15) is 5.82 Å². The highest BCUT2D eigenvalue weighted by Gasteiger charge is 2.20. The highest BCUT2D eigenvalue weighted by atomic mass is 79.9. The maximum Gasteiger partial charge on any atom is 0.128 e. The first-order valence-corrected chi connectivity index (χ1v) is 7.21. The van der Waals surface area contributed by atoms with E-state index in [9.17, 15) is 4.39 Å². The quantitative estimate of drug-likeness (QED) is 0.918. The molecule has 4 heteroatoms. The summed E-state index contributed by atoms with van der Waals surface area (Å²) in [5.74, 6) is 0.480. The number of nitrogens with one attached hydrogen (secondary N) is 1. The number of halogens is 2. The zero-order valence-corrected chi connectivity index (χ0v) is 12.2. The summed E-state index contributed by atoms with van der Waals surface area (Å²) in [7, 11) is 0. The Morgan fingerprint density at radius 3 is 2.83 bits per heavy atom. The van der Waals surface area contributed by atoms with E-state index in [1.165, 1.54) is 6.07 Å². The smallest absolute Gasteiger partial charge is 0.128 e. The average molecular weight is 316 g/mol. The van der Waals surface area contributed by atoms with Crippen LogP contribution in [0.2, 0.25) is 0 Å². The van der Waals surface area contributed by atoms with Gasteiger partial charge < -0.3 is 10.1 Å². The molecule has 1 aliphatic rings. The van der Waals surface area contributed by atoms with Gasteiger partial charge in [0.05, 0.1) is 0 Å². The summed E-state index contributed by atoms with van der Waals surface area (Å²) in [5.41, 5.74) is 0.720. The molecule has 0 spiro atoms. The van der Waals surface area contributed by atoms with Crippen molar-refractivity contribution in [1.82, 2.24) is 5.32 Å². The van der Waals surface area contributed by atoms with Crippen molar-refractivity contribution in [2.24, 2.45) is 5.92 Å². The lowest BCUT2D eigenvalue weighted by atomic mass is 9.93. The molecule has 18 heavy (non-hydrogen) atoms. The molecule has 0 amide bonds. The molecule has 1 aromatic rings. The minimum absolute atomic E-state index is 0.156. The Labute approximate surface area is 116 Å². The van der Waals surface area contributed by atoms with Crippen LogP contribution in [0.15, 0.2) is 22.7 Å². The van der Waals surface area contributed by atoms with E-state index in [0.29, 0.717) is 18.5 Å². The third-order valence-corrected chi connectivity index (χ3v) is 4.10. The van der Waals surface area contributed by atoms with Crippen molar-refractivity contribution in [3.8, 4) is 0 Å². The summed E-state index contributed by atoms with van der Waals surface area (Å²) in [6, 6.07) is 5.61. The van der Waals surface area contributed by atoms with Crippen LogP contribution in [0.3, 0.4) is 0 Å². The Morgan fingerprint density at radius 2 is 2.17 bits per heavy atom. The van der Waals surface area contributed by atoms with Gasteiger partial charge in [-0.05, 0) is 37.8 Å². The zero-order valence-electron chi connectivity index (χ0n) is 10.6. The van der Waals surface area contributed by atoms with Crippen molar-refractivity contribution in [3.05, 3.63) is 34.1 Å².